The fourth-order valence-corrected chi connectivity index (χ4v) is 5.73. The number of carbonyl (C=O) groups is 2. The van der Waals surface area contributed by atoms with E-state index < -0.39 is 24.5 Å². The Balaban J connectivity index is 1.14. The van der Waals surface area contributed by atoms with Gasteiger partial charge >= 0.3 is 6.18 Å². The van der Waals surface area contributed by atoms with Crippen LogP contribution in [0.5, 0.6) is 0 Å². The third-order valence-electron chi connectivity index (χ3n) is 6.83. The van der Waals surface area contributed by atoms with Gasteiger partial charge < -0.3 is 20.2 Å². The van der Waals surface area contributed by atoms with Gasteiger partial charge in [0.1, 0.15) is 11.6 Å². The number of amides is 2. The van der Waals surface area contributed by atoms with Gasteiger partial charge in [0, 0.05) is 59.9 Å². The summed E-state index contributed by atoms with van der Waals surface area (Å²) in [5.74, 6) is -2.28. The van der Waals surface area contributed by atoms with Gasteiger partial charge in [-0.1, -0.05) is 18.2 Å². The van der Waals surface area contributed by atoms with E-state index in [0.29, 0.717) is 19.5 Å². The molecule has 194 valence electrons. The number of nitrogens with zero attached hydrogens (tertiary/aromatic N) is 2. The largest absolute Gasteiger partial charge is 0.398 e. The fraction of sp³-hybridized carbons (Fsp3) is 0.346. The van der Waals surface area contributed by atoms with Crippen molar-refractivity contribution >= 4 is 34.1 Å². The number of nitrogens with one attached hydrogen (secondary N) is 3. The highest BCUT2D eigenvalue weighted by Gasteiger charge is 2.41. The Kier molecular flexibility index (Phi) is 7.05. The van der Waals surface area contributed by atoms with Crippen molar-refractivity contribution in [2.45, 2.75) is 37.3 Å². The van der Waals surface area contributed by atoms with Crippen molar-refractivity contribution in [3.8, 4) is 0 Å². The predicted octanol–water partition coefficient (Wildman–Crippen LogP) is 4.98. The monoisotopic (exact) mass is 529 g/mol. The number of likely N-dealkylation sites (tertiary alicyclic amines) is 1. The standard InChI is InChI=1S/C26H26F3N5O2S/c27-26(28,29)19(21-6-3-9-30-21)14-32-24(36)22-15-37-25(33-22)16-7-10-34(11-8-16)23(35)12-17-13-31-20-5-2-1-4-18(17)20/h1-6,9,13,15-16,19,30-31H,7-8,10-12,14H2,(H,32,36). The zero-order chi connectivity index (χ0) is 26.0. The molecular formula is C26H26F3N5O2S. The van der Waals surface area contributed by atoms with Gasteiger partial charge in [0.25, 0.3) is 5.91 Å². The van der Waals surface area contributed by atoms with Crippen molar-refractivity contribution in [2.75, 3.05) is 19.6 Å². The summed E-state index contributed by atoms with van der Waals surface area (Å²) in [7, 11) is 0. The van der Waals surface area contributed by atoms with Crippen LogP contribution >= 0.6 is 11.3 Å². The first kappa shape index (κ1) is 25.1. The van der Waals surface area contributed by atoms with Crippen LogP contribution in [0.3, 0.4) is 0 Å². The lowest BCUT2D eigenvalue weighted by atomic mass is 9.97. The van der Waals surface area contributed by atoms with E-state index in [9.17, 15) is 22.8 Å². The van der Waals surface area contributed by atoms with E-state index in [-0.39, 0.29) is 23.2 Å². The fourth-order valence-electron chi connectivity index (χ4n) is 4.76. The number of hydrogen-bond acceptors (Lipinski definition) is 4. The minimum atomic E-state index is -4.50. The average Bonchev–Trinajstić information content (AvgIpc) is 3.65. The maximum atomic E-state index is 13.4. The molecule has 3 N–H and O–H groups in total. The number of H-pyrrole nitrogens is 2. The molecule has 1 aromatic carbocycles. The predicted molar refractivity (Wildman–Crippen MR) is 135 cm³/mol. The van der Waals surface area contributed by atoms with Gasteiger partial charge in [-0.15, -0.1) is 11.3 Å². The molecule has 1 fully saturated rings. The third-order valence-corrected chi connectivity index (χ3v) is 7.83. The van der Waals surface area contributed by atoms with E-state index in [4.69, 9.17) is 0 Å². The molecule has 4 aromatic rings. The summed E-state index contributed by atoms with van der Waals surface area (Å²) >= 11 is 1.33. The Labute approximate surface area is 215 Å². The van der Waals surface area contributed by atoms with Crippen LogP contribution < -0.4 is 5.32 Å². The molecule has 0 aliphatic carbocycles. The number of alkyl halides is 3. The molecule has 1 saturated heterocycles. The summed E-state index contributed by atoms with van der Waals surface area (Å²) < 4.78 is 40.3. The lowest BCUT2D eigenvalue weighted by Gasteiger charge is -2.31. The lowest BCUT2D eigenvalue weighted by molar-refractivity contribution is -0.149. The molecule has 0 bridgehead atoms. The van der Waals surface area contributed by atoms with Crippen LogP contribution in [0.15, 0.2) is 54.2 Å². The number of piperidine rings is 1. The van der Waals surface area contributed by atoms with Crippen LogP contribution in [-0.2, 0) is 11.2 Å². The van der Waals surface area contributed by atoms with Crippen molar-refractivity contribution < 1.29 is 22.8 Å². The number of aromatic amines is 2. The van der Waals surface area contributed by atoms with E-state index in [1.807, 2.05) is 35.4 Å². The Morgan fingerprint density at radius 1 is 1.14 bits per heavy atom. The molecule has 37 heavy (non-hydrogen) atoms. The van der Waals surface area contributed by atoms with Crippen molar-refractivity contribution in [1.29, 1.82) is 0 Å². The maximum Gasteiger partial charge on any atom is 0.398 e. The molecule has 5 rings (SSSR count). The molecule has 1 unspecified atom stereocenters. The smallest absolute Gasteiger partial charge is 0.364 e. The maximum absolute atomic E-state index is 13.4. The number of para-hydroxylation sites is 1. The van der Waals surface area contributed by atoms with Crippen LogP contribution in [0.1, 0.15) is 51.4 Å². The molecule has 0 radical (unpaired) electrons. The zero-order valence-electron chi connectivity index (χ0n) is 19.8. The van der Waals surface area contributed by atoms with Crippen LogP contribution in [-0.4, -0.2) is 57.5 Å². The van der Waals surface area contributed by atoms with Gasteiger partial charge in [0.05, 0.1) is 11.4 Å². The van der Waals surface area contributed by atoms with Gasteiger partial charge in [-0.2, -0.15) is 13.2 Å². The zero-order valence-corrected chi connectivity index (χ0v) is 20.7. The first-order valence-electron chi connectivity index (χ1n) is 12.1. The Hall–Kier alpha value is -3.60. The van der Waals surface area contributed by atoms with E-state index in [2.05, 4.69) is 20.3 Å². The van der Waals surface area contributed by atoms with Gasteiger partial charge in [-0.05, 0) is 36.6 Å². The molecule has 1 atom stereocenters. The van der Waals surface area contributed by atoms with Gasteiger partial charge in [-0.3, -0.25) is 9.59 Å². The SMILES string of the molecule is O=C(NCC(c1ccc[nH]1)C(F)(F)F)c1csc(C2CCN(C(=O)Cc3c[nH]c4ccccc34)CC2)n1. The molecule has 1 aliphatic heterocycles. The molecule has 1 aliphatic rings. The van der Waals surface area contributed by atoms with Crippen molar-refractivity contribution in [2.24, 2.45) is 0 Å². The number of benzene rings is 1. The lowest BCUT2D eigenvalue weighted by Crippen LogP contribution is -2.38. The van der Waals surface area contributed by atoms with Crippen molar-refractivity contribution in [1.82, 2.24) is 25.2 Å². The number of rotatable bonds is 7. The van der Waals surface area contributed by atoms with Crippen molar-refractivity contribution in [3.63, 3.8) is 0 Å². The summed E-state index contributed by atoms with van der Waals surface area (Å²) in [4.78, 5) is 37.5. The van der Waals surface area contributed by atoms with Crippen molar-refractivity contribution in [3.05, 3.63) is 76.1 Å². The number of thiazole rings is 1. The van der Waals surface area contributed by atoms with E-state index in [1.165, 1.54) is 29.7 Å². The first-order chi connectivity index (χ1) is 17.8. The van der Waals surface area contributed by atoms with E-state index in [0.717, 1.165) is 34.3 Å². The van der Waals surface area contributed by atoms with E-state index >= 15 is 0 Å². The van der Waals surface area contributed by atoms with Crippen LogP contribution in [0.2, 0.25) is 0 Å². The quantitative estimate of drug-likeness (QED) is 0.315. The topological polar surface area (TPSA) is 93.9 Å². The summed E-state index contributed by atoms with van der Waals surface area (Å²) in [6.07, 6.45) is 0.577. The second-order valence-corrected chi connectivity index (χ2v) is 10.1. The van der Waals surface area contributed by atoms with E-state index in [1.54, 1.807) is 5.38 Å². The Morgan fingerprint density at radius 2 is 1.92 bits per heavy atom. The van der Waals surface area contributed by atoms with Crippen LogP contribution in [0, 0.1) is 0 Å². The normalized spacial score (nSPS) is 15.7. The van der Waals surface area contributed by atoms with Gasteiger partial charge in [0.2, 0.25) is 5.91 Å². The number of carbonyl (C=O) groups excluding carboxylic acids is 2. The number of halogens is 3. The van der Waals surface area contributed by atoms with Gasteiger partial charge in [-0.25, -0.2) is 4.98 Å². The average molecular weight is 530 g/mol. The summed E-state index contributed by atoms with van der Waals surface area (Å²) in [6, 6.07) is 10.7. The Bertz CT molecular complexity index is 1370. The van der Waals surface area contributed by atoms with Crippen LogP contribution in [0.4, 0.5) is 13.2 Å². The summed E-state index contributed by atoms with van der Waals surface area (Å²) in [5, 5.41) is 5.77. The highest BCUT2D eigenvalue weighted by Crippen LogP contribution is 2.34. The molecule has 3 aromatic heterocycles. The van der Waals surface area contributed by atoms with Gasteiger partial charge in [0.15, 0.2) is 0 Å². The Morgan fingerprint density at radius 3 is 2.65 bits per heavy atom. The second-order valence-electron chi connectivity index (χ2n) is 9.19. The molecule has 0 spiro atoms. The third kappa shape index (κ3) is 5.56. The number of hydrogen-bond donors (Lipinski definition) is 3. The first-order valence-corrected chi connectivity index (χ1v) is 12.9. The minimum Gasteiger partial charge on any atom is -0.364 e. The highest BCUT2D eigenvalue weighted by atomic mass is 32.1. The molecule has 2 amide bonds. The molecule has 0 saturated carbocycles. The number of fused-ring (bicyclic) bond motifs is 1. The minimum absolute atomic E-state index is 0.00207. The summed E-state index contributed by atoms with van der Waals surface area (Å²) in [6.45, 7) is 0.611. The second kappa shape index (κ2) is 10.4. The number of aromatic nitrogens is 3. The summed E-state index contributed by atoms with van der Waals surface area (Å²) in [5.41, 5.74) is 2.09. The molecule has 7 nitrogen and oxygen atoms in total. The molecule has 4 heterocycles. The highest BCUT2D eigenvalue weighted by molar-refractivity contribution is 7.09. The molecule has 11 heteroatoms. The molecular weight excluding hydrogens is 503 g/mol. The van der Waals surface area contributed by atoms with Crippen LogP contribution in [0.25, 0.3) is 10.9 Å².